The van der Waals surface area contributed by atoms with E-state index in [1.807, 2.05) is 55.5 Å². The maximum Gasteiger partial charge on any atom is 0.0859 e. The van der Waals surface area contributed by atoms with Crippen molar-refractivity contribution in [1.82, 2.24) is 0 Å². The molecule has 2 heteroatoms. The van der Waals surface area contributed by atoms with E-state index in [4.69, 9.17) is 0 Å². The maximum absolute atomic E-state index is 4.19. The Balaban J connectivity index is 2.18. The molecule has 2 rings (SSSR count). The third-order valence-electron chi connectivity index (χ3n) is 2.32. The van der Waals surface area contributed by atoms with Crippen molar-refractivity contribution in [2.45, 2.75) is 13.8 Å². The SMILES string of the molecule is Cc1ccc(N=Nc2cccc(C)c2)cc1. The molecule has 2 nitrogen and oxygen atoms in total. The Morgan fingerprint density at radius 2 is 1.38 bits per heavy atom. The highest BCUT2D eigenvalue weighted by molar-refractivity contribution is 5.42. The van der Waals surface area contributed by atoms with Gasteiger partial charge in [0.15, 0.2) is 0 Å². The minimum Gasteiger partial charge on any atom is -0.151 e. The van der Waals surface area contributed by atoms with E-state index in [0.717, 1.165) is 11.4 Å². The highest BCUT2D eigenvalue weighted by atomic mass is 15.1. The summed E-state index contributed by atoms with van der Waals surface area (Å²) in [6.45, 7) is 4.10. The van der Waals surface area contributed by atoms with Crippen LogP contribution in [0.15, 0.2) is 58.8 Å². The second kappa shape index (κ2) is 4.71. The Labute approximate surface area is 95.7 Å². The van der Waals surface area contributed by atoms with E-state index < -0.39 is 0 Å². The monoisotopic (exact) mass is 210 g/mol. The fraction of sp³-hybridized carbons (Fsp3) is 0.143. The summed E-state index contributed by atoms with van der Waals surface area (Å²) in [5, 5.41) is 8.38. The second-order valence-electron chi connectivity index (χ2n) is 3.87. The third-order valence-corrected chi connectivity index (χ3v) is 2.32. The number of hydrogen-bond acceptors (Lipinski definition) is 2. The Kier molecular flexibility index (Phi) is 3.10. The van der Waals surface area contributed by atoms with Gasteiger partial charge in [-0.25, -0.2) is 0 Å². The molecule has 0 unspecified atom stereocenters. The first-order valence-electron chi connectivity index (χ1n) is 5.29. The molecule has 0 amide bonds. The molecule has 0 spiro atoms. The molecular weight excluding hydrogens is 196 g/mol. The summed E-state index contributed by atoms with van der Waals surface area (Å²) in [5.74, 6) is 0. The number of rotatable bonds is 2. The maximum atomic E-state index is 4.19. The minimum absolute atomic E-state index is 0.882. The molecule has 0 atom stereocenters. The van der Waals surface area contributed by atoms with E-state index in [-0.39, 0.29) is 0 Å². The standard InChI is InChI=1S/C14H14N2/c1-11-6-8-13(9-7-11)15-16-14-5-3-4-12(2)10-14/h3-10H,1-2H3. The van der Waals surface area contributed by atoms with E-state index in [0.29, 0.717) is 0 Å². The van der Waals surface area contributed by atoms with Crippen molar-refractivity contribution in [3.05, 3.63) is 59.7 Å². The van der Waals surface area contributed by atoms with Gasteiger partial charge in [0.2, 0.25) is 0 Å². The molecule has 0 bridgehead atoms. The summed E-state index contributed by atoms with van der Waals surface area (Å²) in [5.41, 5.74) is 4.20. The van der Waals surface area contributed by atoms with Gasteiger partial charge in [-0.05, 0) is 43.7 Å². The summed E-state index contributed by atoms with van der Waals surface area (Å²) in [6, 6.07) is 16.0. The minimum atomic E-state index is 0.882. The van der Waals surface area contributed by atoms with Crippen molar-refractivity contribution in [3.63, 3.8) is 0 Å². The zero-order valence-corrected chi connectivity index (χ0v) is 9.51. The van der Waals surface area contributed by atoms with Gasteiger partial charge in [-0.15, -0.1) is 0 Å². The molecule has 2 aromatic rings. The van der Waals surface area contributed by atoms with Crippen LogP contribution < -0.4 is 0 Å². The molecule has 0 aliphatic rings. The van der Waals surface area contributed by atoms with Crippen LogP contribution in [0.5, 0.6) is 0 Å². The smallest absolute Gasteiger partial charge is 0.0859 e. The Morgan fingerprint density at radius 3 is 2.06 bits per heavy atom. The van der Waals surface area contributed by atoms with E-state index >= 15 is 0 Å². The molecule has 2 aromatic carbocycles. The van der Waals surface area contributed by atoms with E-state index in [1.165, 1.54) is 11.1 Å². The molecule has 0 aliphatic carbocycles. The molecule has 16 heavy (non-hydrogen) atoms. The number of benzene rings is 2. The van der Waals surface area contributed by atoms with E-state index in [1.54, 1.807) is 0 Å². The summed E-state index contributed by atoms with van der Waals surface area (Å²) >= 11 is 0. The van der Waals surface area contributed by atoms with Crippen LogP contribution in [0, 0.1) is 13.8 Å². The second-order valence-corrected chi connectivity index (χ2v) is 3.87. The lowest BCUT2D eigenvalue weighted by atomic mass is 10.2. The molecule has 0 heterocycles. The molecule has 0 radical (unpaired) electrons. The lowest BCUT2D eigenvalue weighted by molar-refractivity contribution is 1.22. The van der Waals surface area contributed by atoms with Crippen LogP contribution in [0.1, 0.15) is 11.1 Å². The van der Waals surface area contributed by atoms with Gasteiger partial charge in [-0.3, -0.25) is 0 Å². The van der Waals surface area contributed by atoms with Crippen LogP contribution in [0.2, 0.25) is 0 Å². The van der Waals surface area contributed by atoms with E-state index in [2.05, 4.69) is 17.2 Å². The average molecular weight is 210 g/mol. The van der Waals surface area contributed by atoms with Gasteiger partial charge in [0.25, 0.3) is 0 Å². The molecule has 0 saturated heterocycles. The van der Waals surface area contributed by atoms with Crippen molar-refractivity contribution in [1.29, 1.82) is 0 Å². The predicted octanol–water partition coefficient (Wildman–Crippen LogP) is 4.72. The highest BCUT2D eigenvalue weighted by Crippen LogP contribution is 2.19. The molecule has 0 N–H and O–H groups in total. The summed E-state index contributed by atoms with van der Waals surface area (Å²) in [4.78, 5) is 0. The average Bonchev–Trinajstić information content (AvgIpc) is 2.28. The fourth-order valence-corrected chi connectivity index (χ4v) is 1.42. The molecule has 0 saturated carbocycles. The third kappa shape index (κ3) is 2.76. The topological polar surface area (TPSA) is 24.7 Å². The molecule has 80 valence electrons. The van der Waals surface area contributed by atoms with Crippen LogP contribution in [0.25, 0.3) is 0 Å². The number of hydrogen-bond donors (Lipinski definition) is 0. The van der Waals surface area contributed by atoms with Gasteiger partial charge in [0, 0.05) is 0 Å². The van der Waals surface area contributed by atoms with Gasteiger partial charge in [-0.1, -0.05) is 29.8 Å². The van der Waals surface area contributed by atoms with Crippen LogP contribution in [-0.2, 0) is 0 Å². The lowest BCUT2D eigenvalue weighted by Crippen LogP contribution is -1.70. The summed E-state index contributed by atoms with van der Waals surface area (Å²) in [7, 11) is 0. The van der Waals surface area contributed by atoms with E-state index in [9.17, 15) is 0 Å². The first kappa shape index (κ1) is 10.6. The quantitative estimate of drug-likeness (QED) is 0.641. The first-order chi connectivity index (χ1) is 7.74. The first-order valence-corrected chi connectivity index (χ1v) is 5.29. The Morgan fingerprint density at radius 1 is 0.688 bits per heavy atom. The summed E-state index contributed by atoms with van der Waals surface area (Å²) < 4.78 is 0. The zero-order chi connectivity index (χ0) is 11.4. The van der Waals surface area contributed by atoms with Gasteiger partial charge in [-0.2, -0.15) is 10.2 Å². The van der Waals surface area contributed by atoms with Gasteiger partial charge >= 0.3 is 0 Å². The molecule has 0 aromatic heterocycles. The largest absolute Gasteiger partial charge is 0.151 e. The van der Waals surface area contributed by atoms with Gasteiger partial charge in [0.1, 0.15) is 0 Å². The molecular formula is C14H14N2. The van der Waals surface area contributed by atoms with Gasteiger partial charge in [0.05, 0.1) is 11.4 Å². The van der Waals surface area contributed by atoms with Crippen molar-refractivity contribution in [2.24, 2.45) is 10.2 Å². The lowest BCUT2D eigenvalue weighted by Gasteiger charge is -1.95. The predicted molar refractivity (Wildman–Crippen MR) is 66.5 cm³/mol. The van der Waals surface area contributed by atoms with Crippen molar-refractivity contribution >= 4 is 11.4 Å². The van der Waals surface area contributed by atoms with Crippen molar-refractivity contribution < 1.29 is 0 Å². The van der Waals surface area contributed by atoms with Crippen LogP contribution in [0.3, 0.4) is 0 Å². The van der Waals surface area contributed by atoms with Crippen molar-refractivity contribution in [2.75, 3.05) is 0 Å². The molecule has 0 aliphatic heterocycles. The molecule has 0 fully saturated rings. The van der Waals surface area contributed by atoms with Crippen LogP contribution >= 0.6 is 0 Å². The Hall–Kier alpha value is -1.96. The van der Waals surface area contributed by atoms with Gasteiger partial charge < -0.3 is 0 Å². The number of azo groups is 1. The summed E-state index contributed by atoms with van der Waals surface area (Å²) in [6.07, 6.45) is 0. The highest BCUT2D eigenvalue weighted by Gasteiger charge is 1.91. The number of nitrogens with zero attached hydrogens (tertiary/aromatic N) is 2. The Bertz CT molecular complexity index is 498. The van der Waals surface area contributed by atoms with Crippen LogP contribution in [0.4, 0.5) is 11.4 Å². The fourth-order valence-electron chi connectivity index (χ4n) is 1.42. The normalized spacial score (nSPS) is 10.9. The zero-order valence-electron chi connectivity index (χ0n) is 9.51. The number of aryl methyl sites for hydroxylation is 2. The van der Waals surface area contributed by atoms with Crippen LogP contribution in [-0.4, -0.2) is 0 Å². The van der Waals surface area contributed by atoms with Crippen molar-refractivity contribution in [3.8, 4) is 0 Å².